The summed E-state index contributed by atoms with van der Waals surface area (Å²) in [5.41, 5.74) is 9.43. The normalized spacial score (nSPS) is 14.2. The van der Waals surface area contributed by atoms with Crippen LogP contribution in [0.2, 0.25) is 0 Å². The van der Waals surface area contributed by atoms with Crippen molar-refractivity contribution in [1.29, 1.82) is 0 Å². The molecule has 6 heteroatoms. The zero-order valence-electron chi connectivity index (χ0n) is 14.1. The minimum absolute atomic E-state index is 0.156. The predicted molar refractivity (Wildman–Crippen MR) is 99.1 cm³/mol. The van der Waals surface area contributed by atoms with Crippen LogP contribution in [-0.2, 0) is 11.2 Å². The maximum atomic E-state index is 11.9. The zero-order valence-corrected chi connectivity index (χ0v) is 14.1. The molecule has 2 aromatic heterocycles. The molecule has 0 saturated heterocycles. The van der Waals surface area contributed by atoms with Gasteiger partial charge in [-0.25, -0.2) is 4.98 Å². The summed E-state index contributed by atoms with van der Waals surface area (Å²) < 4.78 is 1.72. The number of primary amides is 1. The minimum atomic E-state index is -0.488. The van der Waals surface area contributed by atoms with E-state index in [9.17, 15) is 9.59 Å². The standard InChI is InChI=1S/C20H18N4O2/c21-20(26)19-17(22-18-3-1-2-10-24(18)19)13-14-4-6-15(7-5-14)23-11-8-16(25)9-12-23/h1-8,10-11H,9,12-13H2,(H2,21,26). The molecule has 1 aliphatic rings. The average molecular weight is 346 g/mol. The Balaban J connectivity index is 1.61. The summed E-state index contributed by atoms with van der Waals surface area (Å²) in [5.74, 6) is -0.331. The highest BCUT2D eigenvalue weighted by Crippen LogP contribution is 2.21. The summed E-state index contributed by atoms with van der Waals surface area (Å²) >= 11 is 0. The van der Waals surface area contributed by atoms with Gasteiger partial charge in [0.15, 0.2) is 5.78 Å². The topological polar surface area (TPSA) is 80.7 Å². The van der Waals surface area contributed by atoms with Gasteiger partial charge in [-0.2, -0.15) is 0 Å². The van der Waals surface area contributed by atoms with Crippen molar-refractivity contribution in [3.05, 3.63) is 77.9 Å². The number of aromatic nitrogens is 2. The Morgan fingerprint density at radius 2 is 1.96 bits per heavy atom. The maximum absolute atomic E-state index is 11.9. The predicted octanol–water partition coefficient (Wildman–Crippen LogP) is 2.32. The van der Waals surface area contributed by atoms with E-state index in [0.717, 1.165) is 11.3 Å². The third-order valence-corrected chi connectivity index (χ3v) is 4.51. The van der Waals surface area contributed by atoms with Gasteiger partial charge in [-0.15, -0.1) is 0 Å². The Morgan fingerprint density at radius 3 is 2.65 bits per heavy atom. The van der Waals surface area contributed by atoms with Gasteiger partial charge in [0.1, 0.15) is 11.3 Å². The number of rotatable bonds is 4. The summed E-state index contributed by atoms with van der Waals surface area (Å²) in [5, 5.41) is 0. The SMILES string of the molecule is NC(=O)c1c(Cc2ccc(N3C=CC(=O)CC3)cc2)nc2ccccn12. The lowest BCUT2D eigenvalue weighted by Gasteiger charge is -2.23. The highest BCUT2D eigenvalue weighted by atomic mass is 16.1. The van der Waals surface area contributed by atoms with Gasteiger partial charge >= 0.3 is 0 Å². The van der Waals surface area contributed by atoms with Crippen LogP contribution in [-0.4, -0.2) is 27.6 Å². The molecule has 0 saturated carbocycles. The van der Waals surface area contributed by atoms with Crippen molar-refractivity contribution in [1.82, 2.24) is 9.38 Å². The number of pyridine rings is 1. The first-order valence-electron chi connectivity index (χ1n) is 8.44. The molecule has 1 amide bonds. The molecular weight excluding hydrogens is 328 g/mol. The largest absolute Gasteiger partial charge is 0.364 e. The molecule has 3 aromatic rings. The Morgan fingerprint density at radius 1 is 1.15 bits per heavy atom. The smallest absolute Gasteiger partial charge is 0.267 e. The molecule has 2 N–H and O–H groups in total. The number of amides is 1. The van der Waals surface area contributed by atoms with Gasteiger partial charge in [0, 0.05) is 37.5 Å². The van der Waals surface area contributed by atoms with Crippen LogP contribution in [0.15, 0.2) is 60.9 Å². The molecular formula is C20H18N4O2. The van der Waals surface area contributed by atoms with Crippen LogP contribution in [0.1, 0.15) is 28.2 Å². The molecule has 0 aliphatic carbocycles. The van der Waals surface area contributed by atoms with Gasteiger partial charge in [-0.3, -0.25) is 14.0 Å². The number of carbonyl (C=O) groups excluding carboxylic acids is 2. The van der Waals surface area contributed by atoms with Crippen LogP contribution in [0.3, 0.4) is 0 Å². The second-order valence-corrected chi connectivity index (χ2v) is 6.27. The third kappa shape index (κ3) is 2.97. The fourth-order valence-corrected chi connectivity index (χ4v) is 3.20. The molecule has 4 rings (SSSR count). The first-order chi connectivity index (χ1) is 12.6. The lowest BCUT2D eigenvalue weighted by Crippen LogP contribution is -2.23. The molecule has 6 nitrogen and oxygen atoms in total. The number of hydrogen-bond donors (Lipinski definition) is 1. The summed E-state index contributed by atoms with van der Waals surface area (Å²) in [7, 11) is 0. The fraction of sp³-hybridized carbons (Fsp3) is 0.150. The lowest BCUT2D eigenvalue weighted by atomic mass is 10.1. The Kier molecular flexibility index (Phi) is 4.01. The third-order valence-electron chi connectivity index (χ3n) is 4.51. The van der Waals surface area contributed by atoms with E-state index >= 15 is 0 Å². The first kappa shape index (κ1) is 16.1. The van der Waals surface area contributed by atoms with E-state index in [1.807, 2.05) is 53.6 Å². The highest BCUT2D eigenvalue weighted by molar-refractivity contribution is 5.93. The van der Waals surface area contributed by atoms with Crippen molar-refractivity contribution >= 4 is 23.0 Å². The van der Waals surface area contributed by atoms with E-state index in [4.69, 9.17) is 5.73 Å². The number of ketones is 1. The molecule has 0 atom stereocenters. The van der Waals surface area contributed by atoms with Crippen LogP contribution in [0.4, 0.5) is 5.69 Å². The van der Waals surface area contributed by atoms with Crippen LogP contribution >= 0.6 is 0 Å². The van der Waals surface area contributed by atoms with Gasteiger partial charge in [-0.05, 0) is 35.9 Å². The van der Waals surface area contributed by atoms with Gasteiger partial charge in [-0.1, -0.05) is 18.2 Å². The summed E-state index contributed by atoms with van der Waals surface area (Å²) in [4.78, 5) is 29.8. The molecule has 0 bridgehead atoms. The number of carbonyl (C=O) groups is 2. The number of fused-ring (bicyclic) bond motifs is 1. The number of allylic oxidation sites excluding steroid dienone is 1. The van der Waals surface area contributed by atoms with Crippen LogP contribution in [0, 0.1) is 0 Å². The number of nitrogens with zero attached hydrogens (tertiary/aromatic N) is 3. The van der Waals surface area contributed by atoms with Crippen molar-refractivity contribution in [3.63, 3.8) is 0 Å². The number of hydrogen-bond acceptors (Lipinski definition) is 4. The molecule has 0 spiro atoms. The van der Waals surface area contributed by atoms with E-state index in [1.54, 1.807) is 16.7 Å². The van der Waals surface area contributed by atoms with Crippen LogP contribution in [0.5, 0.6) is 0 Å². The summed E-state index contributed by atoms with van der Waals surface area (Å²) in [6.45, 7) is 0.687. The van der Waals surface area contributed by atoms with E-state index in [0.29, 0.717) is 36.4 Å². The molecule has 0 radical (unpaired) electrons. The van der Waals surface area contributed by atoms with Gasteiger partial charge in [0.2, 0.25) is 0 Å². The average Bonchev–Trinajstić information content (AvgIpc) is 3.01. The summed E-state index contributed by atoms with van der Waals surface area (Å²) in [6, 6.07) is 13.6. The van der Waals surface area contributed by atoms with Crippen molar-refractivity contribution in [2.24, 2.45) is 5.73 Å². The van der Waals surface area contributed by atoms with E-state index in [-0.39, 0.29) is 5.78 Å². The van der Waals surface area contributed by atoms with Crippen molar-refractivity contribution in [3.8, 4) is 0 Å². The number of nitrogens with two attached hydrogens (primary N) is 1. The monoisotopic (exact) mass is 346 g/mol. The quantitative estimate of drug-likeness (QED) is 0.786. The van der Waals surface area contributed by atoms with Crippen LogP contribution < -0.4 is 10.6 Å². The minimum Gasteiger partial charge on any atom is -0.364 e. The molecule has 0 fully saturated rings. The van der Waals surface area contributed by atoms with Gasteiger partial charge in [0.25, 0.3) is 5.91 Å². The molecule has 1 aliphatic heterocycles. The number of imidazole rings is 1. The van der Waals surface area contributed by atoms with Gasteiger partial charge in [0.05, 0.1) is 5.69 Å². The first-order valence-corrected chi connectivity index (χ1v) is 8.44. The Bertz CT molecular complexity index is 1020. The molecule has 130 valence electrons. The lowest BCUT2D eigenvalue weighted by molar-refractivity contribution is -0.114. The van der Waals surface area contributed by atoms with Gasteiger partial charge < -0.3 is 10.6 Å². The van der Waals surface area contributed by atoms with Crippen LogP contribution in [0.25, 0.3) is 5.65 Å². The zero-order chi connectivity index (χ0) is 18.1. The fourth-order valence-electron chi connectivity index (χ4n) is 3.20. The summed E-state index contributed by atoms with van der Waals surface area (Å²) in [6.07, 6.45) is 6.26. The van der Waals surface area contributed by atoms with E-state index < -0.39 is 5.91 Å². The molecule has 26 heavy (non-hydrogen) atoms. The molecule has 3 heterocycles. The second-order valence-electron chi connectivity index (χ2n) is 6.27. The molecule has 0 unspecified atom stereocenters. The number of benzene rings is 1. The highest BCUT2D eigenvalue weighted by Gasteiger charge is 2.17. The van der Waals surface area contributed by atoms with Crippen molar-refractivity contribution < 1.29 is 9.59 Å². The second kappa shape index (κ2) is 6.48. The van der Waals surface area contributed by atoms with E-state index in [1.165, 1.54) is 0 Å². The maximum Gasteiger partial charge on any atom is 0.267 e. The Labute approximate surface area is 150 Å². The Hall–Kier alpha value is -3.41. The van der Waals surface area contributed by atoms with Crippen molar-refractivity contribution in [2.75, 3.05) is 11.4 Å². The number of anilines is 1. The molecule has 1 aromatic carbocycles. The van der Waals surface area contributed by atoms with E-state index in [2.05, 4.69) is 4.98 Å². The van der Waals surface area contributed by atoms with Crippen molar-refractivity contribution in [2.45, 2.75) is 12.8 Å².